The Bertz CT molecular complexity index is 517. The lowest BCUT2D eigenvalue weighted by atomic mass is 9.98. The number of benzene rings is 1. The number of alkyl halides is 1. The van der Waals surface area contributed by atoms with E-state index in [1.807, 2.05) is 0 Å². The lowest BCUT2D eigenvalue weighted by Gasteiger charge is -2.17. The van der Waals surface area contributed by atoms with Crippen molar-refractivity contribution in [1.29, 1.82) is 0 Å². The molecular formula is C11H13FO4S. The summed E-state index contributed by atoms with van der Waals surface area (Å²) in [6.07, 6.45) is 1.05. The van der Waals surface area contributed by atoms with E-state index in [2.05, 4.69) is 4.74 Å². The Kier molecular flexibility index (Phi) is 3.56. The Hall–Kier alpha value is -1.43. The minimum absolute atomic E-state index is 0.0525. The molecule has 0 aliphatic rings. The summed E-state index contributed by atoms with van der Waals surface area (Å²) in [5.74, 6) is -1.02. The summed E-state index contributed by atoms with van der Waals surface area (Å²) in [5.41, 5.74) is -2.23. The van der Waals surface area contributed by atoms with E-state index >= 15 is 0 Å². The summed E-state index contributed by atoms with van der Waals surface area (Å²) in [6.45, 7) is 1.06. The van der Waals surface area contributed by atoms with Crippen LogP contribution in [0.2, 0.25) is 0 Å². The van der Waals surface area contributed by atoms with E-state index < -0.39 is 21.5 Å². The Morgan fingerprint density at radius 3 is 2.12 bits per heavy atom. The van der Waals surface area contributed by atoms with Crippen LogP contribution in [0.4, 0.5) is 4.39 Å². The van der Waals surface area contributed by atoms with Crippen molar-refractivity contribution in [3.8, 4) is 0 Å². The predicted molar refractivity (Wildman–Crippen MR) is 60.0 cm³/mol. The van der Waals surface area contributed by atoms with Crippen LogP contribution in [0.3, 0.4) is 0 Å². The van der Waals surface area contributed by atoms with E-state index in [-0.39, 0.29) is 10.5 Å². The van der Waals surface area contributed by atoms with Crippen molar-refractivity contribution in [3.63, 3.8) is 0 Å². The molecule has 0 bridgehead atoms. The monoisotopic (exact) mass is 260 g/mol. The van der Waals surface area contributed by atoms with Gasteiger partial charge in [0.25, 0.3) is 0 Å². The number of carbonyl (C=O) groups is 1. The third-order valence-corrected chi connectivity index (χ3v) is 3.52. The van der Waals surface area contributed by atoms with E-state index in [4.69, 9.17) is 0 Å². The van der Waals surface area contributed by atoms with Crippen molar-refractivity contribution < 1.29 is 22.3 Å². The van der Waals surface area contributed by atoms with Gasteiger partial charge in [0.2, 0.25) is 5.67 Å². The molecule has 0 aliphatic heterocycles. The summed E-state index contributed by atoms with van der Waals surface area (Å²) in [7, 11) is -2.24. The molecule has 1 rings (SSSR count). The summed E-state index contributed by atoms with van der Waals surface area (Å²) in [4.78, 5) is 11.3. The van der Waals surface area contributed by atoms with E-state index in [1.165, 1.54) is 24.3 Å². The first-order chi connectivity index (χ1) is 7.69. The van der Waals surface area contributed by atoms with Crippen LogP contribution in [0.25, 0.3) is 0 Å². The zero-order chi connectivity index (χ0) is 13.3. The van der Waals surface area contributed by atoms with Crippen molar-refractivity contribution >= 4 is 15.8 Å². The molecule has 0 saturated carbocycles. The van der Waals surface area contributed by atoms with Crippen LogP contribution in [0.5, 0.6) is 0 Å². The molecule has 0 amide bonds. The summed E-state index contributed by atoms with van der Waals surface area (Å²) in [5, 5.41) is 0. The van der Waals surface area contributed by atoms with Crippen LogP contribution in [-0.4, -0.2) is 27.8 Å². The van der Waals surface area contributed by atoms with E-state index in [0.717, 1.165) is 20.3 Å². The number of halogens is 1. The number of methoxy groups -OCH3 is 1. The zero-order valence-electron chi connectivity index (χ0n) is 9.73. The average Bonchev–Trinajstić information content (AvgIpc) is 2.27. The van der Waals surface area contributed by atoms with Gasteiger partial charge in [-0.15, -0.1) is 0 Å². The normalized spacial score (nSPS) is 15.1. The van der Waals surface area contributed by atoms with Gasteiger partial charge in [0.05, 0.1) is 12.0 Å². The molecule has 0 aliphatic carbocycles. The highest BCUT2D eigenvalue weighted by Gasteiger charge is 2.36. The van der Waals surface area contributed by atoms with E-state index in [9.17, 15) is 17.6 Å². The first kappa shape index (κ1) is 13.6. The van der Waals surface area contributed by atoms with E-state index in [0.29, 0.717) is 0 Å². The maximum atomic E-state index is 14.0. The second-order valence-corrected chi connectivity index (χ2v) is 5.81. The van der Waals surface area contributed by atoms with Crippen molar-refractivity contribution in [2.45, 2.75) is 17.5 Å². The van der Waals surface area contributed by atoms with Crippen LogP contribution in [-0.2, 0) is 25.0 Å². The maximum absolute atomic E-state index is 14.0. The third-order valence-electron chi connectivity index (χ3n) is 2.39. The molecular weight excluding hydrogens is 247 g/mol. The molecule has 0 radical (unpaired) electrons. The lowest BCUT2D eigenvalue weighted by Crippen LogP contribution is -2.28. The Morgan fingerprint density at radius 1 is 1.29 bits per heavy atom. The number of rotatable bonds is 3. The topological polar surface area (TPSA) is 60.4 Å². The van der Waals surface area contributed by atoms with Crippen molar-refractivity contribution in [2.24, 2.45) is 0 Å². The lowest BCUT2D eigenvalue weighted by molar-refractivity contribution is -0.154. The molecule has 17 heavy (non-hydrogen) atoms. The minimum Gasteiger partial charge on any atom is -0.466 e. The standard InChI is InChI=1S/C11H13FO4S/c1-11(12,10(13)16-2)8-4-6-9(7-5-8)17(3,14)15/h4-7H,1-3H3. The van der Waals surface area contributed by atoms with Gasteiger partial charge in [0.15, 0.2) is 9.84 Å². The van der Waals surface area contributed by atoms with Crippen molar-refractivity contribution in [3.05, 3.63) is 29.8 Å². The molecule has 1 aromatic rings. The molecule has 1 unspecified atom stereocenters. The second kappa shape index (κ2) is 4.44. The number of ether oxygens (including phenoxy) is 1. The highest BCUT2D eigenvalue weighted by molar-refractivity contribution is 7.90. The third kappa shape index (κ3) is 2.82. The quantitative estimate of drug-likeness (QED) is 0.772. The van der Waals surface area contributed by atoms with Crippen LogP contribution >= 0.6 is 0 Å². The zero-order valence-corrected chi connectivity index (χ0v) is 10.5. The number of hydrogen-bond acceptors (Lipinski definition) is 4. The minimum atomic E-state index is -3.33. The highest BCUT2D eigenvalue weighted by atomic mass is 32.2. The van der Waals surface area contributed by atoms with Gasteiger partial charge in [-0.05, 0) is 19.1 Å². The number of hydrogen-bond donors (Lipinski definition) is 0. The molecule has 0 spiro atoms. The Balaban J connectivity index is 3.16. The molecule has 1 atom stereocenters. The number of sulfone groups is 1. The molecule has 0 saturated heterocycles. The maximum Gasteiger partial charge on any atom is 0.348 e. The van der Waals surface area contributed by atoms with E-state index in [1.54, 1.807) is 0 Å². The largest absolute Gasteiger partial charge is 0.466 e. The predicted octanol–water partition coefficient (Wildman–Crippen LogP) is 1.45. The Labute approximate surface area is 99.3 Å². The van der Waals surface area contributed by atoms with Gasteiger partial charge in [0, 0.05) is 11.8 Å². The average molecular weight is 260 g/mol. The van der Waals surface area contributed by atoms with Crippen LogP contribution in [0, 0.1) is 0 Å². The van der Waals surface area contributed by atoms with Gasteiger partial charge < -0.3 is 4.74 Å². The SMILES string of the molecule is COC(=O)C(C)(F)c1ccc(S(C)(=O)=O)cc1. The molecule has 0 aromatic heterocycles. The number of esters is 1. The molecule has 6 heteroatoms. The van der Waals surface area contributed by atoms with Gasteiger partial charge in [0.1, 0.15) is 0 Å². The first-order valence-corrected chi connectivity index (χ1v) is 6.66. The summed E-state index contributed by atoms with van der Waals surface area (Å²) < 4.78 is 40.8. The first-order valence-electron chi connectivity index (χ1n) is 4.77. The van der Waals surface area contributed by atoms with Gasteiger partial charge >= 0.3 is 5.97 Å². The molecule has 1 aromatic carbocycles. The van der Waals surface area contributed by atoms with Crippen LogP contribution in [0.15, 0.2) is 29.2 Å². The van der Waals surface area contributed by atoms with Crippen LogP contribution in [0.1, 0.15) is 12.5 Å². The van der Waals surface area contributed by atoms with Crippen molar-refractivity contribution in [2.75, 3.05) is 13.4 Å². The van der Waals surface area contributed by atoms with Gasteiger partial charge in [-0.3, -0.25) is 0 Å². The van der Waals surface area contributed by atoms with Gasteiger partial charge in [-0.2, -0.15) is 0 Å². The van der Waals surface area contributed by atoms with Gasteiger partial charge in [-0.25, -0.2) is 17.6 Å². The molecule has 94 valence electrons. The summed E-state index contributed by atoms with van der Waals surface area (Å²) in [6, 6.07) is 5.03. The smallest absolute Gasteiger partial charge is 0.348 e. The van der Waals surface area contributed by atoms with Gasteiger partial charge in [-0.1, -0.05) is 12.1 Å². The molecule has 0 N–H and O–H groups in total. The fraction of sp³-hybridized carbons (Fsp3) is 0.364. The molecule has 0 fully saturated rings. The fourth-order valence-corrected chi connectivity index (χ4v) is 1.96. The number of carbonyl (C=O) groups excluding carboxylic acids is 1. The molecule has 4 nitrogen and oxygen atoms in total. The highest BCUT2D eigenvalue weighted by Crippen LogP contribution is 2.27. The molecule has 0 heterocycles. The fourth-order valence-electron chi connectivity index (χ4n) is 1.32. The van der Waals surface area contributed by atoms with Crippen LogP contribution < -0.4 is 0 Å². The Morgan fingerprint density at radius 2 is 1.76 bits per heavy atom. The van der Waals surface area contributed by atoms with Crippen molar-refractivity contribution in [1.82, 2.24) is 0 Å². The summed E-state index contributed by atoms with van der Waals surface area (Å²) >= 11 is 0. The second-order valence-electron chi connectivity index (χ2n) is 3.79.